The molecule has 2 aliphatic carbocycles. The van der Waals surface area contributed by atoms with Gasteiger partial charge in [-0.05, 0) is 49.7 Å². The molecule has 0 unspecified atom stereocenters. The molecule has 0 N–H and O–H groups in total. The fourth-order valence-corrected chi connectivity index (χ4v) is 4.73. The highest BCUT2D eigenvalue weighted by molar-refractivity contribution is 6.22. The predicted molar refractivity (Wildman–Crippen MR) is 89.8 cm³/mol. The summed E-state index contributed by atoms with van der Waals surface area (Å²) in [4.78, 5) is 27.2. The van der Waals surface area contributed by atoms with Crippen LogP contribution in [0.5, 0.6) is 0 Å². The van der Waals surface area contributed by atoms with Gasteiger partial charge in [-0.2, -0.15) is 0 Å². The van der Waals surface area contributed by atoms with E-state index in [1.807, 2.05) is 30.3 Å². The Bertz CT molecular complexity index is 702. The van der Waals surface area contributed by atoms with Gasteiger partial charge in [0, 0.05) is 0 Å². The first kappa shape index (κ1) is 14.7. The summed E-state index contributed by atoms with van der Waals surface area (Å²) in [7, 11) is 0. The van der Waals surface area contributed by atoms with Crippen LogP contribution in [0, 0.1) is 17.3 Å². The van der Waals surface area contributed by atoms with Gasteiger partial charge in [0.25, 0.3) is 0 Å². The zero-order valence-corrected chi connectivity index (χ0v) is 13.8. The molecule has 1 aromatic rings. The molecule has 1 fully saturated rings. The van der Waals surface area contributed by atoms with E-state index in [2.05, 4.69) is 13.8 Å². The molecular formula is C20H23NO2. The molecule has 2 atom stereocenters. The molecule has 0 aromatic heterocycles. The van der Waals surface area contributed by atoms with Crippen LogP contribution in [0.3, 0.4) is 0 Å². The molecule has 23 heavy (non-hydrogen) atoms. The van der Waals surface area contributed by atoms with E-state index in [1.54, 1.807) is 0 Å². The third-order valence-corrected chi connectivity index (χ3v) is 5.99. The molecular weight excluding hydrogens is 286 g/mol. The highest BCUT2D eigenvalue weighted by Gasteiger charge is 2.52. The van der Waals surface area contributed by atoms with Gasteiger partial charge < -0.3 is 0 Å². The minimum absolute atomic E-state index is 0.000812. The molecule has 4 rings (SSSR count). The number of para-hydroxylation sites is 1. The molecule has 2 amide bonds. The first-order valence-electron chi connectivity index (χ1n) is 8.63. The Hall–Kier alpha value is -1.90. The summed E-state index contributed by atoms with van der Waals surface area (Å²) in [5, 5.41) is 0. The van der Waals surface area contributed by atoms with Crippen LogP contribution in [0.4, 0.5) is 5.69 Å². The zero-order chi connectivity index (χ0) is 16.2. The van der Waals surface area contributed by atoms with E-state index in [4.69, 9.17) is 0 Å². The lowest BCUT2D eigenvalue weighted by molar-refractivity contribution is -0.122. The Kier molecular flexibility index (Phi) is 3.22. The Balaban J connectivity index is 1.69. The van der Waals surface area contributed by atoms with E-state index in [0.717, 1.165) is 19.3 Å². The number of allylic oxidation sites excluding steroid dienone is 2. The van der Waals surface area contributed by atoms with Gasteiger partial charge in [-0.1, -0.05) is 43.2 Å². The summed E-state index contributed by atoms with van der Waals surface area (Å²) in [5.74, 6) is -0.297. The maximum Gasteiger partial charge on any atom is 0.238 e. The highest BCUT2D eigenvalue weighted by atomic mass is 16.2. The number of hydrogen-bond acceptors (Lipinski definition) is 2. The standard InChI is InChI=1S/C20H23NO2/c1-20(2)10-6-7-13-11-15-16(12-17(13)20)19(23)21(18(15)22)14-8-4-3-5-9-14/h3-5,8-9,15-16H,6-7,10-12H2,1-2H3/t15-,16-/m1/s1. The topological polar surface area (TPSA) is 37.4 Å². The Morgan fingerprint density at radius 1 is 1.00 bits per heavy atom. The molecule has 3 heteroatoms. The average molecular weight is 309 g/mol. The predicted octanol–water partition coefficient (Wildman–Crippen LogP) is 4.09. The largest absolute Gasteiger partial charge is 0.274 e. The Morgan fingerprint density at radius 2 is 1.65 bits per heavy atom. The van der Waals surface area contributed by atoms with E-state index >= 15 is 0 Å². The van der Waals surface area contributed by atoms with Gasteiger partial charge in [0.2, 0.25) is 11.8 Å². The van der Waals surface area contributed by atoms with Gasteiger partial charge in [-0.15, -0.1) is 0 Å². The van der Waals surface area contributed by atoms with E-state index in [1.165, 1.54) is 28.9 Å². The second-order valence-electron chi connectivity index (χ2n) is 7.79. The minimum atomic E-state index is -0.154. The van der Waals surface area contributed by atoms with Gasteiger partial charge in [-0.3, -0.25) is 14.5 Å². The number of amides is 2. The maximum absolute atomic E-state index is 12.9. The van der Waals surface area contributed by atoms with Crippen molar-refractivity contribution in [3.05, 3.63) is 41.5 Å². The van der Waals surface area contributed by atoms with E-state index < -0.39 is 0 Å². The lowest BCUT2D eigenvalue weighted by Gasteiger charge is -2.40. The number of anilines is 1. The summed E-state index contributed by atoms with van der Waals surface area (Å²) >= 11 is 0. The third kappa shape index (κ3) is 2.17. The SMILES string of the molecule is CC1(C)CCCC2=C1C[C@H]1C(=O)N(c3ccccc3)C(=O)[C@@H]1C2. The molecule has 0 bridgehead atoms. The van der Waals surface area contributed by atoms with E-state index in [0.29, 0.717) is 5.69 Å². The van der Waals surface area contributed by atoms with Crippen LogP contribution < -0.4 is 4.90 Å². The minimum Gasteiger partial charge on any atom is -0.274 e. The second-order valence-corrected chi connectivity index (χ2v) is 7.79. The number of fused-ring (bicyclic) bond motifs is 1. The fourth-order valence-electron chi connectivity index (χ4n) is 4.73. The maximum atomic E-state index is 12.9. The number of nitrogens with zero attached hydrogens (tertiary/aromatic N) is 1. The normalized spacial score (nSPS) is 29.6. The second kappa shape index (κ2) is 5.05. The van der Waals surface area contributed by atoms with Crippen LogP contribution in [0.1, 0.15) is 46.0 Å². The first-order chi connectivity index (χ1) is 11.0. The lowest BCUT2D eigenvalue weighted by atomic mass is 9.63. The van der Waals surface area contributed by atoms with Crippen molar-refractivity contribution in [2.24, 2.45) is 17.3 Å². The zero-order valence-electron chi connectivity index (χ0n) is 13.8. The van der Waals surface area contributed by atoms with Crippen LogP contribution in [-0.4, -0.2) is 11.8 Å². The summed E-state index contributed by atoms with van der Waals surface area (Å²) in [6.45, 7) is 4.58. The van der Waals surface area contributed by atoms with E-state index in [-0.39, 0.29) is 29.1 Å². The number of carbonyl (C=O) groups is 2. The van der Waals surface area contributed by atoms with Crippen molar-refractivity contribution in [2.45, 2.75) is 46.0 Å². The third-order valence-electron chi connectivity index (χ3n) is 5.99. The van der Waals surface area contributed by atoms with Crippen molar-refractivity contribution >= 4 is 17.5 Å². The van der Waals surface area contributed by atoms with Crippen LogP contribution in [0.15, 0.2) is 41.5 Å². The van der Waals surface area contributed by atoms with Crippen molar-refractivity contribution in [1.29, 1.82) is 0 Å². The van der Waals surface area contributed by atoms with Crippen molar-refractivity contribution in [1.82, 2.24) is 0 Å². The van der Waals surface area contributed by atoms with Gasteiger partial charge >= 0.3 is 0 Å². The fraction of sp³-hybridized carbons (Fsp3) is 0.500. The number of carbonyl (C=O) groups excluding carboxylic acids is 2. The Labute approximate surface area is 137 Å². The summed E-state index contributed by atoms with van der Waals surface area (Å²) < 4.78 is 0. The molecule has 1 aromatic carbocycles. The molecule has 1 heterocycles. The first-order valence-corrected chi connectivity index (χ1v) is 8.63. The summed E-state index contributed by atoms with van der Waals surface area (Å²) in [6.07, 6.45) is 5.06. The molecule has 120 valence electrons. The van der Waals surface area contributed by atoms with Gasteiger partial charge in [-0.25, -0.2) is 0 Å². The monoisotopic (exact) mass is 309 g/mol. The summed E-state index contributed by atoms with van der Waals surface area (Å²) in [5.41, 5.74) is 3.82. The van der Waals surface area contributed by atoms with Crippen LogP contribution in [0.2, 0.25) is 0 Å². The number of benzene rings is 1. The van der Waals surface area contributed by atoms with Gasteiger partial charge in [0.05, 0.1) is 17.5 Å². The van der Waals surface area contributed by atoms with Crippen LogP contribution >= 0.6 is 0 Å². The van der Waals surface area contributed by atoms with Crippen LogP contribution in [0.25, 0.3) is 0 Å². The Morgan fingerprint density at radius 3 is 2.35 bits per heavy atom. The van der Waals surface area contributed by atoms with Crippen LogP contribution in [-0.2, 0) is 9.59 Å². The van der Waals surface area contributed by atoms with Gasteiger partial charge in [0.1, 0.15) is 0 Å². The van der Waals surface area contributed by atoms with Crippen molar-refractivity contribution < 1.29 is 9.59 Å². The molecule has 1 saturated heterocycles. The molecule has 0 spiro atoms. The van der Waals surface area contributed by atoms with Gasteiger partial charge in [0.15, 0.2) is 0 Å². The number of imide groups is 1. The lowest BCUT2D eigenvalue weighted by Crippen LogP contribution is -2.32. The van der Waals surface area contributed by atoms with E-state index in [9.17, 15) is 9.59 Å². The quantitative estimate of drug-likeness (QED) is 0.579. The van der Waals surface area contributed by atoms with Crippen molar-refractivity contribution in [3.63, 3.8) is 0 Å². The molecule has 3 aliphatic rings. The number of rotatable bonds is 1. The smallest absolute Gasteiger partial charge is 0.238 e. The van der Waals surface area contributed by atoms with Crippen molar-refractivity contribution in [2.75, 3.05) is 4.90 Å². The summed E-state index contributed by atoms with van der Waals surface area (Å²) in [6, 6.07) is 9.37. The highest BCUT2D eigenvalue weighted by Crippen LogP contribution is 2.52. The average Bonchev–Trinajstić information content (AvgIpc) is 2.78. The van der Waals surface area contributed by atoms with Crippen molar-refractivity contribution in [3.8, 4) is 0 Å². The molecule has 3 nitrogen and oxygen atoms in total. The molecule has 0 saturated carbocycles. The number of hydrogen-bond donors (Lipinski definition) is 0. The molecule has 0 radical (unpaired) electrons. The molecule has 1 aliphatic heterocycles.